The molecular formula is C17H16N2O2S. The van der Waals surface area contributed by atoms with Gasteiger partial charge < -0.3 is 14.3 Å². The first-order valence-electron chi connectivity index (χ1n) is 7.04. The summed E-state index contributed by atoms with van der Waals surface area (Å²) in [5.74, 6) is -0.349. The van der Waals surface area contributed by atoms with Gasteiger partial charge in [0.1, 0.15) is 0 Å². The largest absolute Gasteiger partial charge is 0.465 e. The molecule has 0 spiro atoms. The molecule has 0 fully saturated rings. The van der Waals surface area contributed by atoms with Crippen LogP contribution in [0.4, 0.5) is 0 Å². The van der Waals surface area contributed by atoms with Crippen LogP contribution in [0.5, 0.6) is 0 Å². The van der Waals surface area contributed by atoms with E-state index in [0.29, 0.717) is 10.3 Å². The molecule has 0 aliphatic rings. The third-order valence-electron chi connectivity index (χ3n) is 3.66. The molecule has 0 atom stereocenters. The second-order valence-electron chi connectivity index (χ2n) is 5.04. The maximum atomic E-state index is 11.6. The van der Waals surface area contributed by atoms with Crippen molar-refractivity contribution in [2.75, 3.05) is 7.11 Å². The van der Waals surface area contributed by atoms with Crippen LogP contribution >= 0.6 is 12.2 Å². The van der Waals surface area contributed by atoms with E-state index >= 15 is 0 Å². The van der Waals surface area contributed by atoms with Gasteiger partial charge in [0.05, 0.1) is 23.7 Å². The number of nitrogens with one attached hydrogen (secondary N) is 1. The van der Waals surface area contributed by atoms with Crippen LogP contribution in [0.3, 0.4) is 0 Å². The molecule has 0 saturated carbocycles. The summed E-state index contributed by atoms with van der Waals surface area (Å²) in [6.07, 6.45) is 0.904. The topological polar surface area (TPSA) is 47.0 Å². The van der Waals surface area contributed by atoms with Crippen LogP contribution in [0, 0.1) is 4.77 Å². The molecule has 3 rings (SSSR count). The third-order valence-corrected chi connectivity index (χ3v) is 3.98. The highest BCUT2D eigenvalue weighted by atomic mass is 32.1. The normalized spacial score (nSPS) is 10.8. The average molecular weight is 312 g/mol. The van der Waals surface area contributed by atoms with Crippen LogP contribution < -0.4 is 0 Å². The minimum atomic E-state index is -0.349. The number of methoxy groups -OCH3 is 1. The molecule has 112 valence electrons. The fourth-order valence-corrected chi connectivity index (χ4v) is 2.82. The molecule has 1 heterocycles. The van der Waals surface area contributed by atoms with E-state index in [9.17, 15) is 4.79 Å². The van der Waals surface area contributed by atoms with Gasteiger partial charge >= 0.3 is 5.97 Å². The minimum Gasteiger partial charge on any atom is -0.465 e. The lowest BCUT2D eigenvalue weighted by Crippen LogP contribution is -2.02. The van der Waals surface area contributed by atoms with Crippen LogP contribution in [0.1, 0.15) is 15.9 Å². The molecule has 0 bridgehead atoms. The van der Waals surface area contributed by atoms with Gasteiger partial charge in [-0.2, -0.15) is 0 Å². The number of fused-ring (bicyclic) bond motifs is 1. The quantitative estimate of drug-likeness (QED) is 0.590. The van der Waals surface area contributed by atoms with E-state index in [1.807, 2.05) is 24.3 Å². The first-order chi connectivity index (χ1) is 10.7. The van der Waals surface area contributed by atoms with Crippen molar-refractivity contribution < 1.29 is 9.53 Å². The van der Waals surface area contributed by atoms with E-state index in [0.717, 1.165) is 24.0 Å². The van der Waals surface area contributed by atoms with Crippen molar-refractivity contribution in [3.8, 4) is 0 Å². The summed E-state index contributed by atoms with van der Waals surface area (Å²) in [5, 5.41) is 0. The van der Waals surface area contributed by atoms with E-state index in [1.165, 1.54) is 12.7 Å². The number of rotatable bonds is 4. The Morgan fingerprint density at radius 1 is 1.23 bits per heavy atom. The van der Waals surface area contributed by atoms with Crippen molar-refractivity contribution in [2.45, 2.75) is 13.0 Å². The van der Waals surface area contributed by atoms with Gasteiger partial charge in [-0.25, -0.2) is 4.79 Å². The molecule has 1 aromatic heterocycles. The van der Waals surface area contributed by atoms with Crippen LogP contribution in [0.15, 0.2) is 48.5 Å². The number of H-pyrrole nitrogens is 1. The van der Waals surface area contributed by atoms with Gasteiger partial charge in [-0.05, 0) is 42.4 Å². The zero-order chi connectivity index (χ0) is 15.5. The predicted octanol–water partition coefficient (Wildman–Crippen LogP) is 3.73. The minimum absolute atomic E-state index is 0.349. The molecule has 0 amide bonds. The molecule has 1 N–H and O–H groups in total. The van der Waals surface area contributed by atoms with Crippen molar-refractivity contribution >= 4 is 29.2 Å². The number of nitrogens with zero attached hydrogens (tertiary/aromatic N) is 1. The summed E-state index contributed by atoms with van der Waals surface area (Å²) in [6.45, 7) is 0.792. The Morgan fingerprint density at radius 2 is 2.00 bits per heavy atom. The van der Waals surface area contributed by atoms with Gasteiger partial charge in [0.2, 0.25) is 0 Å². The molecule has 0 saturated heterocycles. The zero-order valence-corrected chi connectivity index (χ0v) is 13.0. The van der Waals surface area contributed by atoms with E-state index in [1.54, 1.807) is 12.1 Å². The molecule has 5 heteroatoms. The fraction of sp³-hybridized carbons (Fsp3) is 0.176. The molecule has 22 heavy (non-hydrogen) atoms. The number of hydrogen-bond acceptors (Lipinski definition) is 3. The van der Waals surface area contributed by atoms with E-state index < -0.39 is 0 Å². The summed E-state index contributed by atoms with van der Waals surface area (Å²) >= 11 is 5.40. The zero-order valence-electron chi connectivity index (χ0n) is 12.2. The van der Waals surface area contributed by atoms with Gasteiger partial charge in [-0.15, -0.1) is 0 Å². The Bertz CT molecular complexity index is 865. The number of benzene rings is 2. The summed E-state index contributed by atoms with van der Waals surface area (Å²) in [5.41, 5.74) is 3.63. The average Bonchev–Trinajstić information content (AvgIpc) is 2.87. The predicted molar refractivity (Wildman–Crippen MR) is 88.6 cm³/mol. The number of ether oxygens (including phenoxy) is 1. The Morgan fingerprint density at radius 3 is 2.73 bits per heavy atom. The highest BCUT2D eigenvalue weighted by molar-refractivity contribution is 7.71. The van der Waals surface area contributed by atoms with Crippen LogP contribution in [-0.4, -0.2) is 22.6 Å². The highest BCUT2D eigenvalue weighted by Gasteiger charge is 2.10. The Kier molecular flexibility index (Phi) is 4.06. The maximum absolute atomic E-state index is 11.6. The number of imidazole rings is 1. The van der Waals surface area contributed by atoms with E-state index in [4.69, 9.17) is 17.0 Å². The standard InChI is InChI=1S/C17H16N2O2S/c1-21-16(20)13-7-8-15-14(11-13)18-17(22)19(15)10-9-12-5-3-2-4-6-12/h2-8,11H,9-10H2,1H3,(H,18,22). The number of esters is 1. The molecule has 0 aliphatic carbocycles. The molecule has 0 aliphatic heterocycles. The van der Waals surface area contributed by atoms with E-state index in [2.05, 4.69) is 21.7 Å². The van der Waals surface area contributed by atoms with Crippen molar-refractivity contribution in [2.24, 2.45) is 0 Å². The number of aromatic amines is 1. The lowest BCUT2D eigenvalue weighted by atomic mass is 10.1. The molecule has 0 radical (unpaired) electrons. The van der Waals surface area contributed by atoms with Crippen molar-refractivity contribution in [1.82, 2.24) is 9.55 Å². The van der Waals surface area contributed by atoms with Crippen LogP contribution in [0.25, 0.3) is 11.0 Å². The number of carbonyl (C=O) groups excluding carboxylic acids is 1. The molecular weight excluding hydrogens is 296 g/mol. The number of carbonyl (C=O) groups is 1. The van der Waals surface area contributed by atoms with Crippen molar-refractivity contribution in [1.29, 1.82) is 0 Å². The first-order valence-corrected chi connectivity index (χ1v) is 7.44. The van der Waals surface area contributed by atoms with E-state index in [-0.39, 0.29) is 5.97 Å². The highest BCUT2D eigenvalue weighted by Crippen LogP contribution is 2.17. The molecule has 3 aromatic rings. The lowest BCUT2D eigenvalue weighted by Gasteiger charge is -2.05. The third kappa shape index (κ3) is 2.80. The molecule has 4 nitrogen and oxygen atoms in total. The summed E-state index contributed by atoms with van der Waals surface area (Å²) in [4.78, 5) is 14.7. The Labute approximate surface area is 133 Å². The monoisotopic (exact) mass is 312 g/mol. The van der Waals surface area contributed by atoms with Gasteiger partial charge in [0.15, 0.2) is 4.77 Å². The summed E-state index contributed by atoms with van der Waals surface area (Å²) in [7, 11) is 1.37. The summed E-state index contributed by atoms with van der Waals surface area (Å²) in [6, 6.07) is 15.7. The van der Waals surface area contributed by atoms with Gasteiger partial charge in [0.25, 0.3) is 0 Å². The Balaban J connectivity index is 1.91. The lowest BCUT2D eigenvalue weighted by molar-refractivity contribution is 0.0601. The smallest absolute Gasteiger partial charge is 0.337 e. The second kappa shape index (κ2) is 6.15. The molecule has 0 unspecified atom stereocenters. The van der Waals surface area contributed by atoms with Crippen LogP contribution in [-0.2, 0) is 17.7 Å². The first kappa shape index (κ1) is 14.5. The maximum Gasteiger partial charge on any atom is 0.337 e. The van der Waals surface area contributed by atoms with Crippen molar-refractivity contribution in [3.05, 3.63) is 64.4 Å². The fourth-order valence-electron chi connectivity index (χ4n) is 2.52. The molecule has 2 aromatic carbocycles. The van der Waals surface area contributed by atoms with Gasteiger partial charge in [-0.1, -0.05) is 30.3 Å². The van der Waals surface area contributed by atoms with Gasteiger partial charge in [0, 0.05) is 6.54 Å². The van der Waals surface area contributed by atoms with Crippen LogP contribution in [0.2, 0.25) is 0 Å². The second-order valence-corrected chi connectivity index (χ2v) is 5.43. The van der Waals surface area contributed by atoms with Crippen molar-refractivity contribution in [3.63, 3.8) is 0 Å². The van der Waals surface area contributed by atoms with Gasteiger partial charge in [-0.3, -0.25) is 0 Å². The SMILES string of the molecule is COC(=O)c1ccc2c(c1)[nH]c(=S)n2CCc1ccccc1. The number of aryl methyl sites for hydroxylation is 2. The summed E-state index contributed by atoms with van der Waals surface area (Å²) < 4.78 is 7.46. The number of aromatic nitrogens is 2. The Hall–Kier alpha value is -2.40. The number of hydrogen-bond donors (Lipinski definition) is 1.